The molecule has 1 rings (SSSR count). The highest BCUT2D eigenvalue weighted by molar-refractivity contribution is 5.99. The predicted octanol–water partition coefficient (Wildman–Crippen LogP) is 4.60. The van der Waals surface area contributed by atoms with Crippen LogP contribution in [0.25, 0.3) is 0 Å². The molecule has 0 aliphatic heterocycles. The zero-order chi connectivity index (χ0) is 17.6. The van der Waals surface area contributed by atoms with Crippen molar-refractivity contribution >= 4 is 11.7 Å². The number of unbranched alkanes of at least 4 members (excludes halogenated alkanes) is 7. The zero-order valence-electron chi connectivity index (χ0n) is 15.0. The van der Waals surface area contributed by atoms with Gasteiger partial charge in [-0.25, -0.2) is 10.2 Å². The number of benzene rings is 1. The van der Waals surface area contributed by atoms with E-state index < -0.39 is 6.03 Å². The average molecular weight is 333 g/mol. The minimum Gasteiger partial charge on any atom is -0.494 e. The smallest absolute Gasteiger partial charge is 0.332 e. The van der Waals surface area contributed by atoms with E-state index in [0.29, 0.717) is 5.71 Å². The van der Waals surface area contributed by atoms with E-state index >= 15 is 0 Å². The SMILES string of the molecule is CCCCCCCCCCOc1ccc(C(C)=NNC(N)=O)cc1. The van der Waals surface area contributed by atoms with E-state index in [2.05, 4.69) is 17.5 Å². The molecular weight excluding hydrogens is 302 g/mol. The van der Waals surface area contributed by atoms with Crippen LogP contribution in [0, 0.1) is 0 Å². The first kappa shape index (κ1) is 20.0. The third-order valence-corrected chi connectivity index (χ3v) is 3.87. The first-order valence-corrected chi connectivity index (χ1v) is 8.96. The minimum absolute atomic E-state index is 0.667. The lowest BCUT2D eigenvalue weighted by Crippen LogP contribution is -2.25. The molecule has 134 valence electrons. The first-order chi connectivity index (χ1) is 11.6. The highest BCUT2D eigenvalue weighted by atomic mass is 16.5. The van der Waals surface area contributed by atoms with Gasteiger partial charge in [-0.05, 0) is 43.2 Å². The Morgan fingerprint density at radius 1 is 1.04 bits per heavy atom. The summed E-state index contributed by atoms with van der Waals surface area (Å²) in [7, 11) is 0. The number of hydrogen-bond donors (Lipinski definition) is 2. The maximum atomic E-state index is 10.6. The molecule has 24 heavy (non-hydrogen) atoms. The number of nitrogens with one attached hydrogen (secondary N) is 1. The lowest BCUT2D eigenvalue weighted by atomic mass is 10.1. The van der Waals surface area contributed by atoms with Crippen molar-refractivity contribution in [3.05, 3.63) is 29.8 Å². The van der Waals surface area contributed by atoms with Gasteiger partial charge in [-0.3, -0.25) is 0 Å². The lowest BCUT2D eigenvalue weighted by molar-refractivity contribution is 0.249. The van der Waals surface area contributed by atoms with Crippen LogP contribution in [-0.4, -0.2) is 18.3 Å². The molecule has 0 fully saturated rings. The Kier molecular flexibility index (Phi) is 10.3. The molecule has 0 saturated carbocycles. The molecule has 0 heterocycles. The van der Waals surface area contributed by atoms with Gasteiger partial charge in [0.05, 0.1) is 12.3 Å². The van der Waals surface area contributed by atoms with Gasteiger partial charge in [0.1, 0.15) is 5.75 Å². The van der Waals surface area contributed by atoms with Crippen LogP contribution in [0.3, 0.4) is 0 Å². The van der Waals surface area contributed by atoms with Gasteiger partial charge >= 0.3 is 6.03 Å². The standard InChI is InChI=1S/C19H31N3O2/c1-3-4-5-6-7-8-9-10-15-24-18-13-11-17(12-14-18)16(2)21-22-19(20)23/h11-14H,3-10,15H2,1-2H3,(H3,20,22,23). The molecule has 0 aliphatic carbocycles. The zero-order valence-corrected chi connectivity index (χ0v) is 15.0. The van der Waals surface area contributed by atoms with Crippen molar-refractivity contribution < 1.29 is 9.53 Å². The molecular formula is C19H31N3O2. The van der Waals surface area contributed by atoms with Crippen molar-refractivity contribution in [3.63, 3.8) is 0 Å². The molecule has 5 nitrogen and oxygen atoms in total. The van der Waals surface area contributed by atoms with Crippen LogP contribution in [0.5, 0.6) is 5.75 Å². The fourth-order valence-electron chi connectivity index (χ4n) is 2.42. The van der Waals surface area contributed by atoms with Crippen LogP contribution in [0.4, 0.5) is 4.79 Å². The van der Waals surface area contributed by atoms with Crippen LogP contribution in [0.2, 0.25) is 0 Å². The van der Waals surface area contributed by atoms with E-state index in [1.807, 2.05) is 31.2 Å². The molecule has 0 saturated heterocycles. The van der Waals surface area contributed by atoms with Gasteiger partial charge in [-0.1, -0.05) is 51.9 Å². The third-order valence-electron chi connectivity index (χ3n) is 3.87. The Hall–Kier alpha value is -2.04. The Morgan fingerprint density at radius 2 is 1.62 bits per heavy atom. The second-order valence-electron chi connectivity index (χ2n) is 6.02. The van der Waals surface area contributed by atoms with Crippen molar-refractivity contribution in [2.24, 2.45) is 10.8 Å². The van der Waals surface area contributed by atoms with Crippen molar-refractivity contribution in [3.8, 4) is 5.75 Å². The van der Waals surface area contributed by atoms with E-state index in [1.165, 1.54) is 44.9 Å². The summed E-state index contributed by atoms with van der Waals surface area (Å²) < 4.78 is 5.75. The van der Waals surface area contributed by atoms with Crippen molar-refractivity contribution in [2.45, 2.75) is 65.2 Å². The Bertz CT molecular complexity index is 498. The molecule has 1 aromatic carbocycles. The number of carbonyl (C=O) groups is 1. The van der Waals surface area contributed by atoms with Gasteiger partial charge in [0.2, 0.25) is 0 Å². The summed E-state index contributed by atoms with van der Waals surface area (Å²) in [6, 6.07) is 7.02. The summed E-state index contributed by atoms with van der Waals surface area (Å²) in [6.45, 7) is 4.81. The van der Waals surface area contributed by atoms with Gasteiger partial charge in [0.15, 0.2) is 0 Å². The number of urea groups is 1. The number of ether oxygens (including phenoxy) is 1. The molecule has 2 amide bonds. The summed E-state index contributed by atoms with van der Waals surface area (Å²) in [4.78, 5) is 10.6. The molecule has 1 aromatic rings. The normalized spacial score (nSPS) is 11.3. The number of rotatable bonds is 12. The van der Waals surface area contributed by atoms with Crippen LogP contribution in [0.15, 0.2) is 29.4 Å². The molecule has 0 radical (unpaired) electrons. The monoisotopic (exact) mass is 333 g/mol. The van der Waals surface area contributed by atoms with Crippen molar-refractivity contribution in [2.75, 3.05) is 6.61 Å². The molecule has 0 atom stereocenters. The molecule has 3 N–H and O–H groups in total. The van der Waals surface area contributed by atoms with Crippen molar-refractivity contribution in [1.29, 1.82) is 0 Å². The number of carbonyl (C=O) groups excluding carboxylic acids is 1. The van der Waals surface area contributed by atoms with E-state index in [0.717, 1.165) is 24.3 Å². The summed E-state index contributed by atoms with van der Waals surface area (Å²) in [5.41, 5.74) is 8.83. The van der Waals surface area contributed by atoms with Crippen molar-refractivity contribution in [1.82, 2.24) is 5.43 Å². The Morgan fingerprint density at radius 3 is 2.21 bits per heavy atom. The molecule has 0 spiro atoms. The van der Waals surface area contributed by atoms with Gasteiger partial charge in [0.25, 0.3) is 0 Å². The fraction of sp³-hybridized carbons (Fsp3) is 0.579. The summed E-state index contributed by atoms with van der Waals surface area (Å²) in [6.07, 6.45) is 10.4. The van der Waals surface area contributed by atoms with E-state index in [9.17, 15) is 4.79 Å². The maximum Gasteiger partial charge on any atom is 0.332 e. The quantitative estimate of drug-likeness (QED) is 0.333. The van der Waals surface area contributed by atoms with Crippen LogP contribution in [-0.2, 0) is 0 Å². The number of amides is 2. The van der Waals surface area contributed by atoms with Crippen LogP contribution >= 0.6 is 0 Å². The molecule has 0 bridgehead atoms. The second kappa shape index (κ2) is 12.4. The van der Waals surface area contributed by atoms with Gasteiger partial charge in [0, 0.05) is 0 Å². The number of nitrogens with zero attached hydrogens (tertiary/aromatic N) is 1. The van der Waals surface area contributed by atoms with Crippen LogP contribution in [0.1, 0.15) is 70.8 Å². The first-order valence-electron chi connectivity index (χ1n) is 8.96. The van der Waals surface area contributed by atoms with E-state index in [-0.39, 0.29) is 0 Å². The minimum atomic E-state index is -0.667. The highest BCUT2D eigenvalue weighted by Gasteiger charge is 2.00. The van der Waals surface area contributed by atoms with Gasteiger partial charge in [-0.2, -0.15) is 5.10 Å². The largest absolute Gasteiger partial charge is 0.494 e. The Balaban J connectivity index is 2.18. The summed E-state index contributed by atoms with van der Waals surface area (Å²) in [5.74, 6) is 0.859. The molecule has 0 unspecified atom stereocenters. The number of hydrogen-bond acceptors (Lipinski definition) is 3. The Labute approximate surface area is 145 Å². The average Bonchev–Trinajstić information content (AvgIpc) is 2.58. The fourth-order valence-corrected chi connectivity index (χ4v) is 2.42. The summed E-state index contributed by atoms with van der Waals surface area (Å²) >= 11 is 0. The lowest BCUT2D eigenvalue weighted by Gasteiger charge is -2.07. The molecule has 0 aliphatic rings. The topological polar surface area (TPSA) is 76.7 Å². The van der Waals surface area contributed by atoms with Gasteiger partial charge in [-0.15, -0.1) is 0 Å². The van der Waals surface area contributed by atoms with E-state index in [4.69, 9.17) is 10.5 Å². The maximum absolute atomic E-state index is 10.6. The number of hydrazone groups is 1. The second-order valence-corrected chi connectivity index (χ2v) is 6.02. The third kappa shape index (κ3) is 9.18. The highest BCUT2D eigenvalue weighted by Crippen LogP contribution is 2.14. The molecule has 0 aromatic heterocycles. The predicted molar refractivity (Wildman–Crippen MR) is 99.5 cm³/mol. The van der Waals surface area contributed by atoms with Gasteiger partial charge < -0.3 is 10.5 Å². The summed E-state index contributed by atoms with van der Waals surface area (Å²) in [5, 5.41) is 3.90. The molecule has 5 heteroatoms. The number of primary amides is 1. The van der Waals surface area contributed by atoms with E-state index in [1.54, 1.807) is 0 Å². The number of nitrogens with two attached hydrogens (primary N) is 1. The van der Waals surface area contributed by atoms with Crippen LogP contribution < -0.4 is 15.9 Å².